The molecule has 4 heteroatoms. The minimum atomic E-state index is 0. The van der Waals surface area contributed by atoms with Gasteiger partial charge in [-0.15, -0.1) is 12.4 Å². The fourth-order valence-corrected chi connectivity index (χ4v) is 4.19. The minimum Gasteiger partial charge on any atom is -0.497 e. The van der Waals surface area contributed by atoms with Crippen molar-refractivity contribution in [2.24, 2.45) is 0 Å². The van der Waals surface area contributed by atoms with E-state index in [0.29, 0.717) is 6.04 Å². The first-order chi connectivity index (χ1) is 14.3. The van der Waals surface area contributed by atoms with Crippen LogP contribution in [0.1, 0.15) is 22.7 Å². The Morgan fingerprint density at radius 2 is 1.33 bits per heavy atom. The predicted octanol–water partition coefficient (Wildman–Crippen LogP) is 5.22. The minimum absolute atomic E-state index is 0. The van der Waals surface area contributed by atoms with E-state index in [9.17, 15) is 0 Å². The number of hydrogen-bond acceptors (Lipinski definition) is 3. The molecule has 4 rings (SSSR count). The second kappa shape index (κ2) is 11.2. The molecule has 3 aromatic rings. The van der Waals surface area contributed by atoms with Crippen LogP contribution < -0.4 is 4.74 Å². The van der Waals surface area contributed by atoms with Gasteiger partial charge in [-0.2, -0.15) is 0 Å². The molecule has 0 aromatic heterocycles. The van der Waals surface area contributed by atoms with Gasteiger partial charge in [-0.05, 0) is 35.2 Å². The lowest BCUT2D eigenvalue weighted by molar-refractivity contribution is 0.0912. The van der Waals surface area contributed by atoms with Crippen LogP contribution in [0.25, 0.3) is 0 Å². The second-order valence-electron chi connectivity index (χ2n) is 7.78. The number of hydrogen-bond donors (Lipinski definition) is 0. The van der Waals surface area contributed by atoms with E-state index >= 15 is 0 Å². The lowest BCUT2D eigenvalue weighted by Gasteiger charge is -2.39. The number of halogens is 1. The first-order valence-corrected chi connectivity index (χ1v) is 10.5. The van der Waals surface area contributed by atoms with Crippen molar-refractivity contribution >= 4 is 12.4 Å². The Balaban J connectivity index is 0.00000256. The molecule has 1 saturated heterocycles. The molecule has 3 aromatic carbocycles. The van der Waals surface area contributed by atoms with Crippen LogP contribution in [-0.4, -0.2) is 43.1 Å². The number of nitrogens with zero attached hydrogens (tertiary/aromatic N) is 2. The van der Waals surface area contributed by atoms with Gasteiger partial charge in [-0.3, -0.25) is 9.80 Å². The van der Waals surface area contributed by atoms with Crippen molar-refractivity contribution in [1.82, 2.24) is 9.80 Å². The molecule has 0 radical (unpaired) electrons. The zero-order valence-corrected chi connectivity index (χ0v) is 18.4. The highest BCUT2D eigenvalue weighted by atomic mass is 35.5. The normalized spacial score (nSPS) is 15.9. The highest BCUT2D eigenvalue weighted by Gasteiger charge is 2.25. The largest absolute Gasteiger partial charge is 0.497 e. The van der Waals surface area contributed by atoms with Gasteiger partial charge in [0.05, 0.1) is 7.11 Å². The summed E-state index contributed by atoms with van der Waals surface area (Å²) in [5.41, 5.74) is 4.17. The SMILES string of the molecule is COc1ccc(CN2CCN(C(Cc3ccccc3)c3ccccc3)CC2)cc1.Cl. The maximum absolute atomic E-state index is 5.27. The fraction of sp³-hybridized carbons (Fsp3) is 0.308. The summed E-state index contributed by atoms with van der Waals surface area (Å²) in [6.45, 7) is 5.41. The predicted molar refractivity (Wildman–Crippen MR) is 126 cm³/mol. The van der Waals surface area contributed by atoms with Crippen LogP contribution in [0.5, 0.6) is 5.75 Å². The molecule has 0 bridgehead atoms. The molecule has 1 aliphatic heterocycles. The van der Waals surface area contributed by atoms with Crippen LogP contribution in [0.3, 0.4) is 0 Å². The topological polar surface area (TPSA) is 15.7 Å². The van der Waals surface area contributed by atoms with Crippen molar-refractivity contribution in [3.63, 3.8) is 0 Å². The summed E-state index contributed by atoms with van der Waals surface area (Å²) in [4.78, 5) is 5.22. The van der Waals surface area contributed by atoms with Gasteiger partial charge >= 0.3 is 0 Å². The third-order valence-electron chi connectivity index (χ3n) is 5.87. The zero-order chi connectivity index (χ0) is 19.9. The molecule has 0 aliphatic carbocycles. The first-order valence-electron chi connectivity index (χ1n) is 10.5. The Labute approximate surface area is 186 Å². The van der Waals surface area contributed by atoms with E-state index in [4.69, 9.17) is 4.74 Å². The van der Waals surface area contributed by atoms with E-state index in [1.165, 1.54) is 16.7 Å². The summed E-state index contributed by atoms with van der Waals surface area (Å²) in [5.74, 6) is 0.921. The van der Waals surface area contributed by atoms with E-state index in [0.717, 1.165) is 44.9 Å². The summed E-state index contributed by atoms with van der Waals surface area (Å²) in [7, 11) is 1.72. The molecule has 0 spiro atoms. The molecular formula is C26H31ClN2O. The number of rotatable bonds is 7. The molecule has 1 heterocycles. The van der Waals surface area contributed by atoms with Crippen LogP contribution in [0.2, 0.25) is 0 Å². The fourth-order valence-electron chi connectivity index (χ4n) is 4.19. The smallest absolute Gasteiger partial charge is 0.118 e. The summed E-state index contributed by atoms with van der Waals surface area (Å²) in [6.07, 6.45) is 1.06. The Morgan fingerprint density at radius 1 is 0.733 bits per heavy atom. The van der Waals surface area contributed by atoms with Gasteiger partial charge in [0.15, 0.2) is 0 Å². The van der Waals surface area contributed by atoms with Crippen LogP contribution in [0, 0.1) is 0 Å². The number of methoxy groups -OCH3 is 1. The van der Waals surface area contributed by atoms with Gasteiger partial charge in [0.2, 0.25) is 0 Å². The van der Waals surface area contributed by atoms with Crippen LogP contribution in [0.4, 0.5) is 0 Å². The van der Waals surface area contributed by atoms with Crippen molar-refractivity contribution < 1.29 is 4.74 Å². The number of benzene rings is 3. The number of ether oxygens (including phenoxy) is 1. The summed E-state index contributed by atoms with van der Waals surface area (Å²) >= 11 is 0. The Bertz CT molecular complexity index is 863. The molecule has 158 valence electrons. The lowest BCUT2D eigenvalue weighted by atomic mass is 9.96. The van der Waals surface area contributed by atoms with Crippen LogP contribution in [-0.2, 0) is 13.0 Å². The van der Waals surface area contributed by atoms with Crippen molar-refractivity contribution in [2.75, 3.05) is 33.3 Å². The monoisotopic (exact) mass is 422 g/mol. The van der Waals surface area contributed by atoms with Crippen molar-refractivity contribution in [3.8, 4) is 5.75 Å². The Morgan fingerprint density at radius 3 is 1.93 bits per heavy atom. The quantitative estimate of drug-likeness (QED) is 0.519. The van der Waals surface area contributed by atoms with Crippen molar-refractivity contribution in [1.29, 1.82) is 0 Å². The molecule has 0 saturated carbocycles. The van der Waals surface area contributed by atoms with Gasteiger partial charge in [0.1, 0.15) is 5.75 Å². The molecule has 1 unspecified atom stereocenters. The average molecular weight is 423 g/mol. The Kier molecular flexibility index (Phi) is 8.32. The summed E-state index contributed by atoms with van der Waals surface area (Å²) < 4.78 is 5.27. The highest BCUT2D eigenvalue weighted by molar-refractivity contribution is 5.85. The highest BCUT2D eigenvalue weighted by Crippen LogP contribution is 2.26. The maximum Gasteiger partial charge on any atom is 0.118 e. The Hall–Kier alpha value is -2.33. The van der Waals surface area contributed by atoms with E-state index in [1.54, 1.807) is 7.11 Å². The number of piperazine rings is 1. The molecule has 3 nitrogen and oxygen atoms in total. The van der Waals surface area contributed by atoms with E-state index in [2.05, 4.69) is 94.7 Å². The second-order valence-corrected chi connectivity index (χ2v) is 7.78. The van der Waals surface area contributed by atoms with Gasteiger partial charge in [-0.1, -0.05) is 72.8 Å². The molecule has 0 amide bonds. The summed E-state index contributed by atoms with van der Waals surface area (Å²) in [5, 5.41) is 0. The maximum atomic E-state index is 5.27. The molecule has 1 aliphatic rings. The van der Waals surface area contributed by atoms with Gasteiger partial charge in [0.25, 0.3) is 0 Å². The van der Waals surface area contributed by atoms with Gasteiger partial charge in [0, 0.05) is 38.8 Å². The zero-order valence-electron chi connectivity index (χ0n) is 17.6. The molecule has 1 fully saturated rings. The van der Waals surface area contributed by atoms with E-state index in [1.807, 2.05) is 0 Å². The van der Waals surface area contributed by atoms with Gasteiger partial charge in [-0.25, -0.2) is 0 Å². The van der Waals surface area contributed by atoms with Crippen LogP contribution >= 0.6 is 12.4 Å². The van der Waals surface area contributed by atoms with Crippen molar-refractivity contribution in [2.45, 2.75) is 19.0 Å². The van der Waals surface area contributed by atoms with Crippen LogP contribution in [0.15, 0.2) is 84.9 Å². The third-order valence-corrected chi connectivity index (χ3v) is 5.87. The van der Waals surface area contributed by atoms with Crippen molar-refractivity contribution in [3.05, 3.63) is 102 Å². The van der Waals surface area contributed by atoms with Gasteiger partial charge < -0.3 is 4.74 Å². The van der Waals surface area contributed by atoms with E-state index < -0.39 is 0 Å². The third kappa shape index (κ3) is 5.85. The summed E-state index contributed by atoms with van der Waals surface area (Å²) in [6, 6.07) is 30.7. The molecule has 0 N–H and O–H groups in total. The standard InChI is InChI=1S/C26H30N2O.ClH/c1-29-25-14-12-23(13-15-25)21-27-16-18-28(19-17-27)26(24-10-6-3-7-11-24)20-22-8-4-2-5-9-22;/h2-15,26H,16-21H2,1H3;1H. The molecule has 30 heavy (non-hydrogen) atoms. The molecule has 1 atom stereocenters. The average Bonchev–Trinajstić information content (AvgIpc) is 2.80. The first kappa shape index (κ1) is 22.4. The lowest BCUT2D eigenvalue weighted by Crippen LogP contribution is -2.47. The molecular weight excluding hydrogens is 392 g/mol. The van der Waals surface area contributed by atoms with E-state index in [-0.39, 0.29) is 12.4 Å².